The molecule has 2 unspecified atom stereocenters. The standard InChI is InChI=1S/C17H24N2O2/c1-3-8-18-17(11(2)12-4-5-12)13-6-7-15-14(9-13)19-16(20)10-21-15/h6-7,9,11-12,17-18H,3-5,8,10H2,1-2H3,(H,19,20). The number of rotatable bonds is 6. The number of nitrogens with one attached hydrogen (secondary N) is 2. The minimum absolute atomic E-state index is 0.0760. The minimum atomic E-state index is -0.0760. The van der Waals surface area contributed by atoms with Crippen molar-refractivity contribution in [2.24, 2.45) is 11.8 Å². The molecule has 0 saturated heterocycles. The molecular formula is C17H24N2O2. The Morgan fingerprint density at radius 2 is 2.24 bits per heavy atom. The highest BCUT2D eigenvalue weighted by Crippen LogP contribution is 2.43. The second kappa shape index (κ2) is 6.06. The van der Waals surface area contributed by atoms with Crippen LogP contribution in [0, 0.1) is 11.8 Å². The summed E-state index contributed by atoms with van der Waals surface area (Å²) in [5.41, 5.74) is 2.04. The van der Waals surface area contributed by atoms with E-state index in [2.05, 4.69) is 36.6 Å². The van der Waals surface area contributed by atoms with Crippen LogP contribution in [0.5, 0.6) is 5.75 Å². The van der Waals surface area contributed by atoms with Crippen molar-refractivity contribution in [3.05, 3.63) is 23.8 Å². The molecule has 0 radical (unpaired) electrons. The molecule has 1 heterocycles. The van der Waals surface area contributed by atoms with E-state index in [0.29, 0.717) is 12.0 Å². The van der Waals surface area contributed by atoms with Gasteiger partial charge in [-0.15, -0.1) is 0 Å². The third-order valence-corrected chi connectivity index (χ3v) is 4.50. The summed E-state index contributed by atoms with van der Waals surface area (Å²) in [6, 6.07) is 6.52. The van der Waals surface area contributed by atoms with E-state index in [-0.39, 0.29) is 12.5 Å². The molecule has 1 aromatic carbocycles. The molecule has 2 aliphatic rings. The van der Waals surface area contributed by atoms with Crippen molar-refractivity contribution in [1.82, 2.24) is 5.32 Å². The molecule has 4 nitrogen and oxygen atoms in total. The maximum absolute atomic E-state index is 11.5. The highest BCUT2D eigenvalue weighted by molar-refractivity contribution is 5.95. The summed E-state index contributed by atoms with van der Waals surface area (Å²) in [7, 11) is 0. The average Bonchev–Trinajstić information content (AvgIpc) is 3.31. The summed E-state index contributed by atoms with van der Waals surface area (Å²) in [6.45, 7) is 5.65. The zero-order valence-corrected chi connectivity index (χ0v) is 12.8. The lowest BCUT2D eigenvalue weighted by Crippen LogP contribution is -2.30. The number of carbonyl (C=O) groups is 1. The third-order valence-electron chi connectivity index (χ3n) is 4.50. The summed E-state index contributed by atoms with van der Waals surface area (Å²) in [5, 5.41) is 6.57. The van der Waals surface area contributed by atoms with Crippen LogP contribution in [0.3, 0.4) is 0 Å². The molecule has 1 aliphatic carbocycles. The molecule has 114 valence electrons. The fraction of sp³-hybridized carbons (Fsp3) is 0.588. The lowest BCUT2D eigenvalue weighted by atomic mass is 9.90. The summed E-state index contributed by atoms with van der Waals surface area (Å²) >= 11 is 0. The van der Waals surface area contributed by atoms with E-state index in [9.17, 15) is 4.79 Å². The Morgan fingerprint density at radius 1 is 1.43 bits per heavy atom. The Hall–Kier alpha value is -1.55. The van der Waals surface area contributed by atoms with Crippen LogP contribution >= 0.6 is 0 Å². The van der Waals surface area contributed by atoms with Crippen LogP contribution in [-0.2, 0) is 4.79 Å². The molecule has 1 fully saturated rings. The Bertz CT molecular complexity index is 526. The van der Waals surface area contributed by atoms with Gasteiger partial charge in [0.25, 0.3) is 5.91 Å². The van der Waals surface area contributed by atoms with E-state index in [1.54, 1.807) is 0 Å². The number of carbonyl (C=O) groups excluding carboxylic acids is 1. The first-order valence-corrected chi connectivity index (χ1v) is 7.99. The van der Waals surface area contributed by atoms with E-state index < -0.39 is 0 Å². The van der Waals surface area contributed by atoms with Crippen molar-refractivity contribution in [2.45, 2.75) is 39.2 Å². The highest BCUT2D eigenvalue weighted by atomic mass is 16.5. The molecular weight excluding hydrogens is 264 g/mol. The normalized spacial score (nSPS) is 20.2. The number of ether oxygens (including phenoxy) is 1. The van der Waals surface area contributed by atoms with E-state index in [1.807, 2.05) is 6.07 Å². The van der Waals surface area contributed by atoms with Crippen molar-refractivity contribution in [3.8, 4) is 5.75 Å². The molecule has 2 atom stereocenters. The summed E-state index contributed by atoms with van der Waals surface area (Å²) in [6.07, 6.45) is 3.81. The molecule has 1 amide bonds. The number of benzene rings is 1. The highest BCUT2D eigenvalue weighted by Gasteiger charge is 2.34. The fourth-order valence-electron chi connectivity index (χ4n) is 3.10. The van der Waals surface area contributed by atoms with Crippen LogP contribution in [0.2, 0.25) is 0 Å². The van der Waals surface area contributed by atoms with Gasteiger partial charge in [-0.3, -0.25) is 4.79 Å². The predicted molar refractivity (Wildman–Crippen MR) is 83.5 cm³/mol. The first-order chi connectivity index (χ1) is 10.2. The zero-order chi connectivity index (χ0) is 14.8. The van der Waals surface area contributed by atoms with Crippen LogP contribution in [-0.4, -0.2) is 19.1 Å². The molecule has 1 aromatic rings. The van der Waals surface area contributed by atoms with Gasteiger partial charge in [-0.2, -0.15) is 0 Å². The molecule has 21 heavy (non-hydrogen) atoms. The maximum Gasteiger partial charge on any atom is 0.262 e. The van der Waals surface area contributed by atoms with Gasteiger partial charge in [0, 0.05) is 6.04 Å². The van der Waals surface area contributed by atoms with Gasteiger partial charge in [0.2, 0.25) is 0 Å². The SMILES string of the molecule is CCCNC(c1ccc2c(c1)NC(=O)CO2)C(C)C1CC1. The topological polar surface area (TPSA) is 50.4 Å². The van der Waals surface area contributed by atoms with Crippen molar-refractivity contribution >= 4 is 11.6 Å². The number of fused-ring (bicyclic) bond motifs is 1. The Kier molecular flexibility index (Phi) is 4.15. The van der Waals surface area contributed by atoms with Gasteiger partial charge in [-0.25, -0.2) is 0 Å². The lowest BCUT2D eigenvalue weighted by Gasteiger charge is -2.27. The Morgan fingerprint density at radius 3 is 2.95 bits per heavy atom. The molecule has 0 bridgehead atoms. The van der Waals surface area contributed by atoms with Crippen LogP contribution in [0.4, 0.5) is 5.69 Å². The first-order valence-electron chi connectivity index (χ1n) is 7.99. The van der Waals surface area contributed by atoms with E-state index >= 15 is 0 Å². The zero-order valence-electron chi connectivity index (χ0n) is 12.8. The largest absolute Gasteiger partial charge is 0.482 e. The minimum Gasteiger partial charge on any atom is -0.482 e. The summed E-state index contributed by atoms with van der Waals surface area (Å²) < 4.78 is 5.44. The van der Waals surface area contributed by atoms with Crippen LogP contribution in [0.15, 0.2) is 18.2 Å². The van der Waals surface area contributed by atoms with Crippen molar-refractivity contribution < 1.29 is 9.53 Å². The number of anilines is 1. The quantitative estimate of drug-likeness (QED) is 0.845. The monoisotopic (exact) mass is 288 g/mol. The molecule has 3 rings (SSSR count). The van der Waals surface area contributed by atoms with Gasteiger partial charge in [0.15, 0.2) is 6.61 Å². The lowest BCUT2D eigenvalue weighted by molar-refractivity contribution is -0.118. The van der Waals surface area contributed by atoms with E-state index in [1.165, 1.54) is 18.4 Å². The van der Waals surface area contributed by atoms with Gasteiger partial charge in [-0.05, 0) is 55.3 Å². The van der Waals surface area contributed by atoms with Gasteiger partial charge >= 0.3 is 0 Å². The number of hydrogen-bond donors (Lipinski definition) is 2. The molecule has 4 heteroatoms. The van der Waals surface area contributed by atoms with Gasteiger partial charge in [0.05, 0.1) is 5.69 Å². The summed E-state index contributed by atoms with van der Waals surface area (Å²) in [4.78, 5) is 11.5. The van der Waals surface area contributed by atoms with Crippen molar-refractivity contribution in [3.63, 3.8) is 0 Å². The second-order valence-corrected chi connectivity index (χ2v) is 6.22. The van der Waals surface area contributed by atoms with Crippen LogP contribution in [0.1, 0.15) is 44.7 Å². The predicted octanol–water partition coefficient (Wildman–Crippen LogP) is 3.10. The smallest absolute Gasteiger partial charge is 0.262 e. The Labute approximate surface area is 126 Å². The average molecular weight is 288 g/mol. The van der Waals surface area contributed by atoms with Gasteiger partial charge in [0.1, 0.15) is 5.75 Å². The number of amides is 1. The van der Waals surface area contributed by atoms with Crippen LogP contribution < -0.4 is 15.4 Å². The van der Waals surface area contributed by atoms with Gasteiger partial charge < -0.3 is 15.4 Å². The second-order valence-electron chi connectivity index (χ2n) is 6.22. The van der Waals surface area contributed by atoms with Crippen molar-refractivity contribution in [2.75, 3.05) is 18.5 Å². The van der Waals surface area contributed by atoms with Crippen molar-refractivity contribution in [1.29, 1.82) is 0 Å². The van der Waals surface area contributed by atoms with E-state index in [0.717, 1.165) is 30.3 Å². The maximum atomic E-state index is 11.5. The fourth-order valence-corrected chi connectivity index (χ4v) is 3.10. The summed E-state index contributed by atoms with van der Waals surface area (Å²) in [5.74, 6) is 2.15. The molecule has 1 saturated carbocycles. The molecule has 1 aliphatic heterocycles. The molecule has 0 aromatic heterocycles. The first kappa shape index (κ1) is 14.4. The van der Waals surface area contributed by atoms with Gasteiger partial charge in [-0.1, -0.05) is 19.9 Å². The number of hydrogen-bond acceptors (Lipinski definition) is 3. The third kappa shape index (κ3) is 3.21. The molecule has 2 N–H and O–H groups in total. The Balaban J connectivity index is 1.84. The molecule has 0 spiro atoms. The van der Waals surface area contributed by atoms with E-state index in [4.69, 9.17) is 4.74 Å². The van der Waals surface area contributed by atoms with Crippen LogP contribution in [0.25, 0.3) is 0 Å².